The zero-order chi connectivity index (χ0) is 18.6. The summed E-state index contributed by atoms with van der Waals surface area (Å²) in [6.07, 6.45) is 6.61. The van der Waals surface area contributed by atoms with Crippen LogP contribution in [0.3, 0.4) is 0 Å². The van der Waals surface area contributed by atoms with E-state index >= 15 is 0 Å². The van der Waals surface area contributed by atoms with Crippen molar-refractivity contribution in [3.8, 4) is 0 Å². The van der Waals surface area contributed by atoms with Gasteiger partial charge in [0, 0.05) is 24.0 Å². The molecule has 1 fully saturated rings. The van der Waals surface area contributed by atoms with E-state index in [4.69, 9.17) is 0 Å². The van der Waals surface area contributed by atoms with Crippen molar-refractivity contribution in [3.63, 3.8) is 0 Å². The first-order valence-electron chi connectivity index (χ1n) is 9.59. The molecule has 0 radical (unpaired) electrons. The number of nitrogens with zero attached hydrogens (tertiary/aromatic N) is 1. The first kappa shape index (κ1) is 17.7. The Bertz CT molecular complexity index is 854. The first-order valence-corrected chi connectivity index (χ1v) is 9.59. The number of hydrogen-bond acceptors (Lipinski definition) is 3. The number of rotatable bonds is 5. The van der Waals surface area contributed by atoms with Gasteiger partial charge in [-0.15, -0.1) is 0 Å². The molecule has 0 bridgehead atoms. The summed E-state index contributed by atoms with van der Waals surface area (Å²) in [5, 5.41) is 5.81. The van der Waals surface area contributed by atoms with E-state index in [1.54, 1.807) is 18.3 Å². The SMILES string of the molecule is O=C1Nc2cccc(F)c2/C1=C/Nc1ccc(CCN2CCCCC2)cc1. The molecule has 0 aromatic heterocycles. The molecule has 0 atom stereocenters. The summed E-state index contributed by atoms with van der Waals surface area (Å²) in [4.78, 5) is 14.6. The maximum Gasteiger partial charge on any atom is 0.257 e. The zero-order valence-electron chi connectivity index (χ0n) is 15.3. The maximum absolute atomic E-state index is 14.1. The third-order valence-electron chi connectivity index (χ3n) is 5.28. The first-order chi connectivity index (χ1) is 13.2. The van der Waals surface area contributed by atoms with Gasteiger partial charge in [0.2, 0.25) is 0 Å². The molecule has 4 nitrogen and oxygen atoms in total. The Hall–Kier alpha value is -2.66. The van der Waals surface area contributed by atoms with Crippen molar-refractivity contribution in [1.82, 2.24) is 4.90 Å². The van der Waals surface area contributed by atoms with Crippen LogP contribution in [0.2, 0.25) is 0 Å². The molecule has 27 heavy (non-hydrogen) atoms. The molecular formula is C22H24FN3O. The molecule has 2 aliphatic rings. The monoisotopic (exact) mass is 365 g/mol. The summed E-state index contributed by atoms with van der Waals surface area (Å²) in [6.45, 7) is 3.54. The molecule has 0 spiro atoms. The molecule has 1 saturated heterocycles. The quantitative estimate of drug-likeness (QED) is 0.778. The second-order valence-electron chi connectivity index (χ2n) is 7.17. The van der Waals surface area contributed by atoms with Crippen LogP contribution in [0.15, 0.2) is 48.7 Å². The smallest absolute Gasteiger partial charge is 0.257 e. The molecule has 0 unspecified atom stereocenters. The number of carbonyl (C=O) groups excluding carboxylic acids is 1. The van der Waals surface area contributed by atoms with Crippen LogP contribution in [0.5, 0.6) is 0 Å². The highest BCUT2D eigenvalue weighted by Gasteiger charge is 2.27. The van der Waals surface area contributed by atoms with Crippen molar-refractivity contribution in [2.75, 3.05) is 30.3 Å². The van der Waals surface area contributed by atoms with Crippen molar-refractivity contribution >= 4 is 22.9 Å². The highest BCUT2D eigenvalue weighted by molar-refractivity contribution is 6.31. The summed E-state index contributed by atoms with van der Waals surface area (Å²) in [7, 11) is 0. The van der Waals surface area contributed by atoms with E-state index < -0.39 is 5.82 Å². The predicted octanol–water partition coefficient (Wildman–Crippen LogP) is 4.26. The zero-order valence-corrected chi connectivity index (χ0v) is 15.3. The van der Waals surface area contributed by atoms with Gasteiger partial charge in [-0.25, -0.2) is 4.39 Å². The number of nitrogens with one attached hydrogen (secondary N) is 2. The highest BCUT2D eigenvalue weighted by atomic mass is 19.1. The summed E-state index contributed by atoms with van der Waals surface area (Å²) in [5.41, 5.74) is 3.34. The average molecular weight is 365 g/mol. The molecule has 2 aromatic rings. The number of carbonyl (C=O) groups is 1. The van der Waals surface area contributed by atoms with Crippen LogP contribution in [0.1, 0.15) is 30.4 Å². The fourth-order valence-corrected chi connectivity index (χ4v) is 3.74. The number of likely N-dealkylation sites (tertiary alicyclic amines) is 1. The van der Waals surface area contributed by atoms with Crippen LogP contribution in [0, 0.1) is 5.82 Å². The van der Waals surface area contributed by atoms with E-state index in [0.717, 1.165) is 18.7 Å². The van der Waals surface area contributed by atoms with Gasteiger partial charge in [-0.3, -0.25) is 4.79 Å². The van der Waals surface area contributed by atoms with Gasteiger partial charge in [-0.1, -0.05) is 24.6 Å². The summed E-state index contributed by atoms with van der Waals surface area (Å²) >= 11 is 0. The number of piperidine rings is 1. The van der Waals surface area contributed by atoms with Crippen LogP contribution >= 0.6 is 0 Å². The van der Waals surface area contributed by atoms with E-state index in [9.17, 15) is 9.18 Å². The van der Waals surface area contributed by atoms with Crippen LogP contribution < -0.4 is 10.6 Å². The van der Waals surface area contributed by atoms with Crippen LogP contribution in [0.25, 0.3) is 5.57 Å². The largest absolute Gasteiger partial charge is 0.361 e. The Kier molecular flexibility index (Phi) is 5.21. The standard InChI is InChI=1S/C22H24FN3O/c23-19-5-4-6-20-21(19)18(22(27)25-20)15-24-17-9-7-16(8-10-17)11-14-26-12-2-1-3-13-26/h4-10,15,24H,1-3,11-14H2,(H,25,27)/b18-15-. The van der Waals surface area contributed by atoms with Crippen molar-refractivity contribution in [2.24, 2.45) is 0 Å². The lowest BCUT2D eigenvalue weighted by atomic mass is 10.1. The number of amides is 1. The topological polar surface area (TPSA) is 44.4 Å². The van der Waals surface area contributed by atoms with Crippen molar-refractivity contribution in [1.29, 1.82) is 0 Å². The molecule has 5 heteroatoms. The molecule has 2 aromatic carbocycles. The number of halogens is 1. The number of hydrogen-bond donors (Lipinski definition) is 2. The van der Waals surface area contributed by atoms with Gasteiger partial charge in [-0.05, 0) is 62.2 Å². The Balaban J connectivity index is 1.39. The van der Waals surface area contributed by atoms with Crippen molar-refractivity contribution in [2.45, 2.75) is 25.7 Å². The summed E-state index contributed by atoms with van der Waals surface area (Å²) in [6, 6.07) is 12.9. The van der Waals surface area contributed by atoms with Gasteiger partial charge in [0.25, 0.3) is 5.91 Å². The second-order valence-corrected chi connectivity index (χ2v) is 7.17. The minimum atomic E-state index is -0.396. The van der Waals surface area contributed by atoms with E-state index in [-0.39, 0.29) is 5.91 Å². The lowest BCUT2D eigenvalue weighted by Gasteiger charge is -2.26. The Morgan fingerprint density at radius 3 is 2.63 bits per heavy atom. The number of benzene rings is 2. The lowest BCUT2D eigenvalue weighted by molar-refractivity contribution is -0.110. The molecular weight excluding hydrogens is 341 g/mol. The Morgan fingerprint density at radius 2 is 1.85 bits per heavy atom. The van der Waals surface area contributed by atoms with E-state index in [1.807, 2.05) is 12.1 Å². The molecule has 0 aliphatic carbocycles. The van der Waals surface area contributed by atoms with Gasteiger partial charge in [0.1, 0.15) is 5.82 Å². The lowest BCUT2D eigenvalue weighted by Crippen LogP contribution is -2.31. The number of anilines is 2. The second kappa shape index (κ2) is 7.92. The van der Waals surface area contributed by atoms with Crippen molar-refractivity contribution < 1.29 is 9.18 Å². The fraction of sp³-hybridized carbons (Fsp3) is 0.318. The number of fused-ring (bicyclic) bond motifs is 1. The molecule has 2 aliphatic heterocycles. The summed E-state index contributed by atoms with van der Waals surface area (Å²) < 4.78 is 14.1. The van der Waals surface area contributed by atoms with Gasteiger partial charge in [0.05, 0.1) is 11.3 Å². The third-order valence-corrected chi connectivity index (χ3v) is 5.28. The normalized spacial score (nSPS) is 18.4. The van der Waals surface area contributed by atoms with Crippen LogP contribution in [0.4, 0.5) is 15.8 Å². The Labute approximate surface area is 159 Å². The molecule has 1 amide bonds. The van der Waals surface area contributed by atoms with E-state index in [0.29, 0.717) is 16.8 Å². The van der Waals surface area contributed by atoms with E-state index in [1.165, 1.54) is 44.0 Å². The summed E-state index contributed by atoms with van der Waals surface area (Å²) in [5.74, 6) is -0.687. The van der Waals surface area contributed by atoms with E-state index in [2.05, 4.69) is 27.7 Å². The van der Waals surface area contributed by atoms with Gasteiger partial charge in [-0.2, -0.15) is 0 Å². The van der Waals surface area contributed by atoms with Gasteiger partial charge in [0.15, 0.2) is 0 Å². The van der Waals surface area contributed by atoms with Crippen molar-refractivity contribution in [3.05, 3.63) is 65.6 Å². The van der Waals surface area contributed by atoms with Crippen LogP contribution in [-0.4, -0.2) is 30.4 Å². The Morgan fingerprint density at radius 1 is 1.07 bits per heavy atom. The van der Waals surface area contributed by atoms with Crippen LogP contribution in [-0.2, 0) is 11.2 Å². The fourth-order valence-electron chi connectivity index (χ4n) is 3.74. The molecule has 2 N–H and O–H groups in total. The maximum atomic E-state index is 14.1. The van der Waals surface area contributed by atoms with Gasteiger partial charge < -0.3 is 15.5 Å². The third kappa shape index (κ3) is 4.03. The van der Waals surface area contributed by atoms with Gasteiger partial charge >= 0.3 is 0 Å². The molecule has 140 valence electrons. The highest BCUT2D eigenvalue weighted by Crippen LogP contribution is 2.33. The minimum absolute atomic E-state index is 0.291. The predicted molar refractivity (Wildman–Crippen MR) is 107 cm³/mol. The molecule has 4 rings (SSSR count). The molecule has 2 heterocycles. The minimum Gasteiger partial charge on any atom is -0.361 e. The average Bonchev–Trinajstić information content (AvgIpc) is 3.03. The molecule has 0 saturated carbocycles.